The fraction of sp³-hybridized carbons (Fsp3) is 0.526. The molecule has 0 bridgehead atoms. The van der Waals surface area contributed by atoms with Crippen molar-refractivity contribution >= 4 is 5.91 Å². The van der Waals surface area contributed by atoms with Gasteiger partial charge in [0.2, 0.25) is 5.91 Å². The molecule has 1 aromatic carbocycles. The molecule has 0 radical (unpaired) electrons. The fourth-order valence-corrected chi connectivity index (χ4v) is 3.36. The number of carbonyl (C=O) groups is 1. The maximum absolute atomic E-state index is 12.4. The van der Waals surface area contributed by atoms with Gasteiger partial charge in [0.05, 0.1) is 7.11 Å². The van der Waals surface area contributed by atoms with E-state index in [-0.39, 0.29) is 18.1 Å². The lowest BCUT2D eigenvalue weighted by Crippen LogP contribution is -2.34. The number of ether oxygens (including phenoxy) is 1. The van der Waals surface area contributed by atoms with Gasteiger partial charge in [-0.15, -0.1) is 0 Å². The van der Waals surface area contributed by atoms with E-state index in [1.807, 2.05) is 19.1 Å². The van der Waals surface area contributed by atoms with Gasteiger partial charge in [-0.05, 0) is 37.8 Å². The number of methoxy groups -OCH3 is 1. The van der Waals surface area contributed by atoms with Crippen LogP contribution in [0.15, 0.2) is 23.0 Å². The molecule has 3 rings (SSSR count). The molecule has 1 aliphatic heterocycles. The van der Waals surface area contributed by atoms with Crippen LogP contribution in [0.1, 0.15) is 36.2 Å². The van der Waals surface area contributed by atoms with Gasteiger partial charge < -0.3 is 10.1 Å². The van der Waals surface area contributed by atoms with Crippen LogP contribution in [0.25, 0.3) is 0 Å². The molecular weight excluding hydrogens is 332 g/mol. The van der Waals surface area contributed by atoms with Gasteiger partial charge in [0, 0.05) is 19.5 Å². The van der Waals surface area contributed by atoms with Gasteiger partial charge in [-0.25, -0.2) is 9.48 Å². The van der Waals surface area contributed by atoms with Gasteiger partial charge in [0.15, 0.2) is 0 Å². The second kappa shape index (κ2) is 8.21. The molecule has 26 heavy (non-hydrogen) atoms. The van der Waals surface area contributed by atoms with Crippen LogP contribution in [0.3, 0.4) is 0 Å². The van der Waals surface area contributed by atoms with E-state index in [0.717, 1.165) is 48.4 Å². The number of rotatable bonds is 6. The molecule has 140 valence electrons. The van der Waals surface area contributed by atoms with Gasteiger partial charge in [-0.1, -0.05) is 24.1 Å². The van der Waals surface area contributed by atoms with Gasteiger partial charge in [0.1, 0.15) is 18.1 Å². The fourth-order valence-electron chi connectivity index (χ4n) is 3.36. The average molecular weight is 358 g/mol. The van der Waals surface area contributed by atoms with E-state index in [9.17, 15) is 9.59 Å². The maximum Gasteiger partial charge on any atom is 0.346 e. The van der Waals surface area contributed by atoms with E-state index in [1.165, 1.54) is 4.68 Å². The smallest absolute Gasteiger partial charge is 0.346 e. The predicted octanol–water partition coefficient (Wildman–Crippen LogP) is 1.45. The van der Waals surface area contributed by atoms with E-state index in [1.54, 1.807) is 11.7 Å². The lowest BCUT2D eigenvalue weighted by Gasteiger charge is -2.10. The quantitative estimate of drug-likeness (QED) is 0.848. The summed E-state index contributed by atoms with van der Waals surface area (Å²) in [5.41, 5.74) is 2.02. The summed E-state index contributed by atoms with van der Waals surface area (Å²) >= 11 is 0. The summed E-state index contributed by atoms with van der Waals surface area (Å²) in [4.78, 5) is 24.6. The summed E-state index contributed by atoms with van der Waals surface area (Å²) in [5.74, 6) is 1.41. The minimum atomic E-state index is -0.202. The number of aryl methyl sites for hydroxylation is 2. The number of nitrogens with one attached hydrogen (secondary N) is 1. The molecular formula is C19H26N4O3. The summed E-state index contributed by atoms with van der Waals surface area (Å²) in [5, 5.41) is 7.21. The van der Waals surface area contributed by atoms with Gasteiger partial charge in [-0.3, -0.25) is 9.36 Å². The highest BCUT2D eigenvalue weighted by Crippen LogP contribution is 2.19. The molecule has 1 amide bonds. The first-order chi connectivity index (χ1) is 12.6. The third kappa shape index (κ3) is 4.15. The Labute approximate surface area is 153 Å². The standard InChI is InChI=1S/C19H26N4O3/c1-14-7-8-16(26-2)15(12-14)9-10-20-18(24)13-23-19(25)22-11-5-3-4-6-17(22)21-23/h7-8,12H,3-6,9-11,13H2,1-2H3,(H,20,24). The number of hydrogen-bond donors (Lipinski definition) is 1. The molecule has 1 N–H and O–H groups in total. The highest BCUT2D eigenvalue weighted by atomic mass is 16.5. The van der Waals surface area contributed by atoms with Crippen molar-refractivity contribution in [3.63, 3.8) is 0 Å². The number of hydrogen-bond acceptors (Lipinski definition) is 4. The summed E-state index contributed by atoms with van der Waals surface area (Å²) in [6, 6.07) is 5.99. The number of amides is 1. The Bertz CT molecular complexity index is 838. The maximum atomic E-state index is 12.4. The second-order valence-electron chi connectivity index (χ2n) is 6.73. The van der Waals surface area contributed by atoms with Crippen molar-refractivity contribution in [1.82, 2.24) is 19.7 Å². The summed E-state index contributed by atoms with van der Waals surface area (Å²) in [6.45, 7) is 3.17. The summed E-state index contributed by atoms with van der Waals surface area (Å²) < 4.78 is 8.34. The molecule has 0 unspecified atom stereocenters. The van der Waals surface area contributed by atoms with Crippen LogP contribution in [-0.2, 0) is 30.7 Å². The Morgan fingerprint density at radius 2 is 2.15 bits per heavy atom. The summed E-state index contributed by atoms with van der Waals surface area (Å²) in [6.07, 6.45) is 4.62. The van der Waals surface area contributed by atoms with E-state index < -0.39 is 0 Å². The molecule has 0 saturated carbocycles. The zero-order valence-corrected chi connectivity index (χ0v) is 15.5. The molecule has 0 atom stereocenters. The van der Waals surface area contributed by atoms with Crippen molar-refractivity contribution in [3.8, 4) is 5.75 Å². The van der Waals surface area contributed by atoms with E-state index >= 15 is 0 Å². The molecule has 0 spiro atoms. The highest BCUT2D eigenvalue weighted by molar-refractivity contribution is 5.75. The average Bonchev–Trinajstić information content (AvgIpc) is 2.78. The lowest BCUT2D eigenvalue weighted by molar-refractivity contribution is -0.121. The van der Waals surface area contributed by atoms with Crippen LogP contribution in [0.5, 0.6) is 5.75 Å². The Hall–Kier alpha value is -2.57. The topological polar surface area (TPSA) is 78.2 Å². The number of fused-ring (bicyclic) bond motifs is 1. The molecule has 0 fully saturated rings. The largest absolute Gasteiger partial charge is 0.496 e. The normalized spacial score (nSPS) is 13.8. The van der Waals surface area contributed by atoms with Crippen LogP contribution in [0, 0.1) is 6.92 Å². The molecule has 0 aliphatic carbocycles. The van der Waals surface area contributed by atoms with Gasteiger partial charge >= 0.3 is 5.69 Å². The monoisotopic (exact) mass is 358 g/mol. The van der Waals surface area contributed by atoms with Crippen molar-refractivity contribution in [3.05, 3.63) is 45.6 Å². The van der Waals surface area contributed by atoms with Crippen molar-refractivity contribution in [1.29, 1.82) is 0 Å². The highest BCUT2D eigenvalue weighted by Gasteiger charge is 2.17. The van der Waals surface area contributed by atoms with E-state index in [0.29, 0.717) is 19.5 Å². The predicted molar refractivity (Wildman–Crippen MR) is 98.5 cm³/mol. The van der Waals surface area contributed by atoms with E-state index in [4.69, 9.17) is 4.74 Å². The van der Waals surface area contributed by atoms with Crippen molar-refractivity contribution in [2.24, 2.45) is 0 Å². The van der Waals surface area contributed by atoms with Crippen molar-refractivity contribution < 1.29 is 9.53 Å². The molecule has 7 nitrogen and oxygen atoms in total. The number of nitrogens with zero attached hydrogens (tertiary/aromatic N) is 3. The minimum absolute atomic E-state index is 0.0379. The number of carbonyl (C=O) groups excluding carboxylic acids is 1. The zero-order valence-electron chi connectivity index (χ0n) is 15.5. The molecule has 0 saturated heterocycles. The number of aromatic nitrogens is 3. The van der Waals surface area contributed by atoms with Crippen LogP contribution in [0.2, 0.25) is 0 Å². The van der Waals surface area contributed by atoms with Crippen LogP contribution in [-0.4, -0.2) is 33.9 Å². The first-order valence-electron chi connectivity index (χ1n) is 9.15. The van der Waals surface area contributed by atoms with Gasteiger partial charge in [0.25, 0.3) is 0 Å². The third-order valence-corrected chi connectivity index (χ3v) is 4.73. The molecule has 1 aliphatic rings. The van der Waals surface area contributed by atoms with Crippen molar-refractivity contribution in [2.45, 2.75) is 52.1 Å². The Morgan fingerprint density at radius 1 is 1.31 bits per heavy atom. The first kappa shape index (κ1) is 18.2. The zero-order chi connectivity index (χ0) is 18.5. The first-order valence-corrected chi connectivity index (χ1v) is 9.15. The van der Waals surface area contributed by atoms with Crippen LogP contribution in [0.4, 0.5) is 0 Å². The molecule has 2 aromatic rings. The Kier molecular flexibility index (Phi) is 5.75. The molecule has 7 heteroatoms. The second-order valence-corrected chi connectivity index (χ2v) is 6.73. The third-order valence-electron chi connectivity index (χ3n) is 4.73. The Morgan fingerprint density at radius 3 is 2.96 bits per heavy atom. The summed E-state index contributed by atoms with van der Waals surface area (Å²) in [7, 11) is 1.64. The Balaban J connectivity index is 1.57. The van der Waals surface area contributed by atoms with Crippen LogP contribution >= 0.6 is 0 Å². The van der Waals surface area contributed by atoms with E-state index in [2.05, 4.69) is 16.5 Å². The minimum Gasteiger partial charge on any atom is -0.496 e. The molecule has 2 heterocycles. The lowest BCUT2D eigenvalue weighted by atomic mass is 10.1. The SMILES string of the molecule is COc1ccc(C)cc1CCNC(=O)Cn1nc2n(c1=O)CCCCC2. The molecule has 1 aromatic heterocycles. The van der Waals surface area contributed by atoms with Crippen molar-refractivity contribution in [2.75, 3.05) is 13.7 Å². The van der Waals surface area contributed by atoms with Gasteiger partial charge in [-0.2, -0.15) is 5.10 Å². The van der Waals surface area contributed by atoms with Crippen LogP contribution < -0.4 is 15.7 Å². The number of benzene rings is 1.